The topological polar surface area (TPSA) is 47.6 Å². The van der Waals surface area contributed by atoms with E-state index in [1.54, 1.807) is 20.1 Å². The van der Waals surface area contributed by atoms with Crippen molar-refractivity contribution in [1.82, 2.24) is 5.32 Å². The Morgan fingerprint density at radius 3 is 2.95 bits per heavy atom. The average Bonchev–Trinajstić information content (AvgIpc) is 2.85. The summed E-state index contributed by atoms with van der Waals surface area (Å²) in [5, 5.41) is 2.71. The molecule has 1 saturated heterocycles. The molecule has 1 unspecified atom stereocenters. The van der Waals surface area contributed by atoms with Crippen molar-refractivity contribution in [3.8, 4) is 0 Å². The van der Waals surface area contributed by atoms with Crippen molar-refractivity contribution in [3.63, 3.8) is 0 Å². The van der Waals surface area contributed by atoms with E-state index in [0.29, 0.717) is 19.8 Å². The highest BCUT2D eigenvalue weighted by atomic mass is 19.1. The third kappa shape index (κ3) is 3.11. The van der Waals surface area contributed by atoms with Crippen LogP contribution in [0.4, 0.5) is 4.39 Å². The lowest BCUT2D eigenvalue weighted by atomic mass is 10.0. The number of nitrogens with one attached hydrogen (secondary N) is 1. The Labute approximate surface area is 111 Å². The van der Waals surface area contributed by atoms with E-state index in [1.165, 1.54) is 12.1 Å². The van der Waals surface area contributed by atoms with Crippen LogP contribution in [0, 0.1) is 12.7 Å². The van der Waals surface area contributed by atoms with Crippen LogP contribution >= 0.6 is 0 Å². The molecule has 0 saturated carbocycles. The van der Waals surface area contributed by atoms with Gasteiger partial charge in [0.15, 0.2) is 0 Å². The van der Waals surface area contributed by atoms with Crippen molar-refractivity contribution in [2.45, 2.75) is 18.9 Å². The zero-order chi connectivity index (χ0) is 13.9. The molecule has 1 amide bonds. The second kappa shape index (κ2) is 5.67. The highest BCUT2D eigenvalue weighted by molar-refractivity contribution is 5.94. The van der Waals surface area contributed by atoms with Crippen LogP contribution in [0.2, 0.25) is 0 Å². The van der Waals surface area contributed by atoms with Crippen molar-refractivity contribution in [2.75, 3.05) is 26.9 Å². The predicted octanol–water partition coefficient (Wildman–Crippen LogP) is 1.67. The fourth-order valence-electron chi connectivity index (χ4n) is 2.10. The van der Waals surface area contributed by atoms with Crippen LogP contribution in [-0.4, -0.2) is 38.4 Å². The molecule has 0 radical (unpaired) electrons. The molecule has 19 heavy (non-hydrogen) atoms. The summed E-state index contributed by atoms with van der Waals surface area (Å²) in [6.07, 6.45) is 0.722. The number of hydrogen-bond acceptors (Lipinski definition) is 3. The van der Waals surface area contributed by atoms with Crippen LogP contribution in [0.15, 0.2) is 18.2 Å². The molecule has 1 aliphatic heterocycles. The monoisotopic (exact) mass is 267 g/mol. The summed E-state index contributed by atoms with van der Waals surface area (Å²) in [4.78, 5) is 11.9. The minimum absolute atomic E-state index is 0.0516. The van der Waals surface area contributed by atoms with Gasteiger partial charge in [-0.3, -0.25) is 4.79 Å². The largest absolute Gasteiger partial charge is 0.378 e. The second-order valence-corrected chi connectivity index (χ2v) is 4.86. The van der Waals surface area contributed by atoms with Crippen molar-refractivity contribution >= 4 is 5.91 Å². The van der Waals surface area contributed by atoms with E-state index >= 15 is 0 Å². The Hall–Kier alpha value is -1.46. The predicted molar refractivity (Wildman–Crippen MR) is 68.6 cm³/mol. The fraction of sp³-hybridized carbons (Fsp3) is 0.500. The van der Waals surface area contributed by atoms with Gasteiger partial charge in [0.05, 0.1) is 12.2 Å². The molecule has 0 bridgehead atoms. The van der Waals surface area contributed by atoms with Gasteiger partial charge in [-0.2, -0.15) is 0 Å². The molecule has 1 heterocycles. The number of methoxy groups -OCH3 is 1. The highest BCUT2D eigenvalue weighted by Gasteiger charge is 2.35. The molecule has 0 spiro atoms. The van der Waals surface area contributed by atoms with Crippen molar-refractivity contribution < 1.29 is 18.7 Å². The summed E-state index contributed by atoms with van der Waals surface area (Å²) in [7, 11) is 1.59. The maximum absolute atomic E-state index is 13.7. The van der Waals surface area contributed by atoms with Crippen molar-refractivity contribution in [2.24, 2.45) is 0 Å². The van der Waals surface area contributed by atoms with E-state index in [2.05, 4.69) is 5.32 Å². The van der Waals surface area contributed by atoms with Crippen LogP contribution in [-0.2, 0) is 9.47 Å². The van der Waals surface area contributed by atoms with Gasteiger partial charge < -0.3 is 14.8 Å². The molecule has 1 fully saturated rings. The average molecular weight is 267 g/mol. The third-order valence-corrected chi connectivity index (χ3v) is 3.44. The number of carbonyl (C=O) groups excluding carboxylic acids is 1. The fourth-order valence-corrected chi connectivity index (χ4v) is 2.10. The molecule has 5 heteroatoms. The lowest BCUT2D eigenvalue weighted by molar-refractivity contribution is -0.0149. The van der Waals surface area contributed by atoms with Crippen LogP contribution in [0.5, 0.6) is 0 Å². The third-order valence-electron chi connectivity index (χ3n) is 3.44. The Bertz CT molecular complexity index is 470. The van der Waals surface area contributed by atoms with Crippen LogP contribution < -0.4 is 5.32 Å². The Balaban J connectivity index is 2.01. The van der Waals surface area contributed by atoms with E-state index in [-0.39, 0.29) is 5.56 Å². The summed E-state index contributed by atoms with van der Waals surface area (Å²) in [5.74, 6) is -0.938. The SMILES string of the molecule is COC1(CNC(=O)c2ccc(C)cc2F)CCOC1. The quantitative estimate of drug-likeness (QED) is 0.902. The summed E-state index contributed by atoms with van der Waals surface area (Å²) in [6.45, 7) is 3.15. The highest BCUT2D eigenvalue weighted by Crippen LogP contribution is 2.21. The molecule has 1 aromatic rings. The first-order valence-corrected chi connectivity index (χ1v) is 6.24. The van der Waals surface area contributed by atoms with E-state index in [1.807, 2.05) is 0 Å². The van der Waals surface area contributed by atoms with Crippen LogP contribution in [0.25, 0.3) is 0 Å². The van der Waals surface area contributed by atoms with Gasteiger partial charge in [-0.1, -0.05) is 6.07 Å². The molecule has 4 nitrogen and oxygen atoms in total. The number of ether oxygens (including phenoxy) is 2. The minimum atomic E-state index is -0.508. The minimum Gasteiger partial charge on any atom is -0.378 e. The Morgan fingerprint density at radius 2 is 2.37 bits per heavy atom. The number of hydrogen-bond donors (Lipinski definition) is 1. The Morgan fingerprint density at radius 1 is 1.58 bits per heavy atom. The summed E-state index contributed by atoms with van der Waals surface area (Å²) in [6, 6.07) is 4.55. The van der Waals surface area contributed by atoms with E-state index < -0.39 is 17.3 Å². The number of benzene rings is 1. The number of rotatable bonds is 4. The van der Waals surface area contributed by atoms with Gasteiger partial charge in [0.2, 0.25) is 0 Å². The van der Waals surface area contributed by atoms with Crippen molar-refractivity contribution in [3.05, 3.63) is 35.1 Å². The van der Waals surface area contributed by atoms with E-state index in [9.17, 15) is 9.18 Å². The van der Waals surface area contributed by atoms with Gasteiger partial charge >= 0.3 is 0 Å². The molecular weight excluding hydrogens is 249 g/mol. The maximum atomic E-state index is 13.7. The van der Waals surface area contributed by atoms with Gasteiger partial charge in [0, 0.05) is 26.7 Å². The molecule has 2 rings (SSSR count). The smallest absolute Gasteiger partial charge is 0.254 e. The van der Waals surface area contributed by atoms with E-state index in [4.69, 9.17) is 9.47 Å². The summed E-state index contributed by atoms with van der Waals surface area (Å²) >= 11 is 0. The summed E-state index contributed by atoms with van der Waals surface area (Å²) < 4.78 is 24.3. The zero-order valence-corrected chi connectivity index (χ0v) is 11.2. The maximum Gasteiger partial charge on any atom is 0.254 e. The number of halogens is 1. The van der Waals surface area contributed by atoms with Crippen LogP contribution in [0.1, 0.15) is 22.3 Å². The second-order valence-electron chi connectivity index (χ2n) is 4.86. The lowest BCUT2D eigenvalue weighted by Gasteiger charge is -2.25. The van der Waals surface area contributed by atoms with Crippen molar-refractivity contribution in [1.29, 1.82) is 0 Å². The first-order valence-electron chi connectivity index (χ1n) is 6.24. The first kappa shape index (κ1) is 14.0. The molecule has 104 valence electrons. The lowest BCUT2D eigenvalue weighted by Crippen LogP contribution is -2.45. The van der Waals surface area contributed by atoms with Gasteiger partial charge in [0.25, 0.3) is 5.91 Å². The molecule has 0 aliphatic carbocycles. The number of aryl methyl sites for hydroxylation is 1. The van der Waals surface area contributed by atoms with Gasteiger partial charge in [-0.15, -0.1) is 0 Å². The molecule has 1 N–H and O–H groups in total. The van der Waals surface area contributed by atoms with E-state index in [0.717, 1.165) is 12.0 Å². The standard InChI is InChI=1S/C14H18FNO3/c1-10-3-4-11(12(15)7-10)13(17)16-8-14(18-2)5-6-19-9-14/h3-4,7H,5-6,8-9H2,1-2H3,(H,16,17). The molecule has 0 aromatic heterocycles. The molecular formula is C14H18FNO3. The normalized spacial score (nSPS) is 22.5. The molecule has 1 aromatic carbocycles. The molecule has 1 aliphatic rings. The first-order chi connectivity index (χ1) is 9.06. The summed E-state index contributed by atoms with van der Waals surface area (Å²) in [5.41, 5.74) is 0.346. The van der Waals surface area contributed by atoms with Gasteiger partial charge in [-0.05, 0) is 24.6 Å². The molecule has 1 atom stereocenters. The number of amides is 1. The zero-order valence-electron chi connectivity index (χ0n) is 11.2. The Kier molecular flexibility index (Phi) is 4.17. The van der Waals surface area contributed by atoms with Gasteiger partial charge in [0.1, 0.15) is 11.4 Å². The van der Waals surface area contributed by atoms with Gasteiger partial charge in [-0.25, -0.2) is 4.39 Å². The number of carbonyl (C=O) groups is 1. The van der Waals surface area contributed by atoms with Crippen LogP contribution in [0.3, 0.4) is 0 Å².